The maximum Gasteiger partial charge on any atom is 0.0909 e. The van der Waals surface area contributed by atoms with E-state index < -0.39 is 9.73 Å². The molecule has 0 heterocycles. The van der Waals surface area contributed by atoms with Crippen LogP contribution in [-0.2, 0) is 16.1 Å². The Balaban J connectivity index is 2.24. The molecule has 140 valence electrons. The minimum absolute atomic E-state index is 0.779. The molecule has 0 radical (unpaired) electrons. The van der Waals surface area contributed by atoms with Crippen LogP contribution in [-0.4, -0.2) is 42.3 Å². The molecule has 0 saturated heterocycles. The number of aryl methyl sites for hydroxylation is 2. The summed E-state index contributed by atoms with van der Waals surface area (Å²) in [6.45, 7) is 7.26. The van der Waals surface area contributed by atoms with Gasteiger partial charge in [0.1, 0.15) is 0 Å². The normalized spacial score (nSPS) is 13.6. The van der Waals surface area contributed by atoms with Gasteiger partial charge in [-0.1, -0.05) is 18.2 Å². The zero-order valence-corrected chi connectivity index (χ0v) is 17.4. The molecule has 2 aromatic carbocycles. The predicted octanol–water partition coefficient (Wildman–Crippen LogP) is 4.59. The molecule has 4 nitrogen and oxygen atoms in total. The Hall–Kier alpha value is -2.14. The molecule has 26 heavy (non-hydrogen) atoms. The molecule has 0 fully saturated rings. The monoisotopic (exact) mass is 371 g/mol. The molecule has 0 amide bonds. The van der Waals surface area contributed by atoms with Crippen molar-refractivity contribution in [2.24, 2.45) is 9.36 Å². The summed E-state index contributed by atoms with van der Waals surface area (Å²) in [6.07, 6.45) is 4.39. The summed E-state index contributed by atoms with van der Waals surface area (Å²) in [5, 5.41) is 0. The molecule has 1 unspecified atom stereocenters. The van der Waals surface area contributed by atoms with Crippen molar-refractivity contribution >= 4 is 21.8 Å². The van der Waals surface area contributed by atoms with E-state index in [2.05, 4.69) is 47.2 Å². The molecular weight excluding hydrogens is 342 g/mol. The van der Waals surface area contributed by atoms with Gasteiger partial charge in [-0.3, -0.25) is 0 Å². The second kappa shape index (κ2) is 8.49. The summed E-state index contributed by atoms with van der Waals surface area (Å²) in [5.41, 5.74) is 5.90. The molecule has 1 atom stereocenters. The molecule has 0 aliphatic rings. The summed E-state index contributed by atoms with van der Waals surface area (Å²) < 4.78 is 16.3. The van der Waals surface area contributed by atoms with E-state index in [1.165, 1.54) is 22.3 Å². The van der Waals surface area contributed by atoms with E-state index in [0.29, 0.717) is 0 Å². The molecule has 0 N–H and O–H groups in total. The molecule has 0 aliphatic heterocycles. The number of hydrogen-bond donors (Lipinski definition) is 0. The second-order valence-corrected chi connectivity index (χ2v) is 9.13. The lowest BCUT2D eigenvalue weighted by Crippen LogP contribution is -2.14. The van der Waals surface area contributed by atoms with Gasteiger partial charge in [0.05, 0.1) is 21.8 Å². The average Bonchev–Trinajstić information content (AvgIpc) is 2.63. The van der Waals surface area contributed by atoms with Crippen LogP contribution in [0.1, 0.15) is 29.2 Å². The third-order valence-electron chi connectivity index (χ3n) is 4.65. The maximum absolute atomic E-state index is 12.3. The molecule has 0 aromatic heterocycles. The lowest BCUT2D eigenvalue weighted by Gasteiger charge is -2.12. The zero-order chi connectivity index (χ0) is 19.3. The van der Waals surface area contributed by atoms with Gasteiger partial charge in [0.25, 0.3) is 0 Å². The Morgan fingerprint density at radius 1 is 1.12 bits per heavy atom. The van der Waals surface area contributed by atoms with Crippen molar-refractivity contribution in [3.63, 3.8) is 0 Å². The van der Waals surface area contributed by atoms with E-state index in [9.17, 15) is 4.21 Å². The van der Waals surface area contributed by atoms with E-state index in [4.69, 9.17) is 0 Å². The standard InChI is InChI=1S/C21H29N3OS/c1-7-24(5)15-23-21-13-16(2)19(12-17(21)3)14-18-8-10-20(11-9-18)26(6,25)22-4/h8-13,15H,7,14H2,1-6H3. The van der Waals surface area contributed by atoms with Crippen LogP contribution in [0.5, 0.6) is 0 Å². The van der Waals surface area contributed by atoms with E-state index in [-0.39, 0.29) is 0 Å². The second-order valence-electron chi connectivity index (χ2n) is 6.69. The van der Waals surface area contributed by atoms with Crippen molar-refractivity contribution < 1.29 is 4.21 Å². The first-order valence-corrected chi connectivity index (χ1v) is 10.7. The molecule has 0 bridgehead atoms. The lowest BCUT2D eigenvalue weighted by atomic mass is 9.97. The lowest BCUT2D eigenvalue weighted by molar-refractivity contribution is 0.552. The largest absolute Gasteiger partial charge is 0.366 e. The highest BCUT2D eigenvalue weighted by molar-refractivity contribution is 7.93. The first-order valence-electron chi connectivity index (χ1n) is 8.80. The summed E-state index contributed by atoms with van der Waals surface area (Å²) in [6, 6.07) is 12.3. The van der Waals surface area contributed by atoms with E-state index in [1.807, 2.05) is 37.7 Å². The number of aliphatic imine (C=N–C) groups is 1. The quantitative estimate of drug-likeness (QED) is 0.550. The van der Waals surface area contributed by atoms with Gasteiger partial charge in [-0.15, -0.1) is 0 Å². The Morgan fingerprint density at radius 3 is 2.35 bits per heavy atom. The van der Waals surface area contributed by atoms with Gasteiger partial charge in [-0.25, -0.2) is 13.6 Å². The molecule has 0 aliphatic carbocycles. The summed E-state index contributed by atoms with van der Waals surface area (Å²) in [7, 11) is 1.35. The topological polar surface area (TPSA) is 45.0 Å². The Kier molecular flexibility index (Phi) is 6.59. The molecule has 0 spiro atoms. The Morgan fingerprint density at radius 2 is 1.77 bits per heavy atom. The first-order chi connectivity index (χ1) is 12.3. The van der Waals surface area contributed by atoms with E-state index in [0.717, 1.165) is 23.5 Å². The predicted molar refractivity (Wildman–Crippen MR) is 112 cm³/mol. The van der Waals surface area contributed by atoms with Crippen LogP contribution >= 0.6 is 0 Å². The fourth-order valence-electron chi connectivity index (χ4n) is 2.62. The van der Waals surface area contributed by atoms with Gasteiger partial charge in [0, 0.05) is 31.8 Å². The minimum Gasteiger partial charge on any atom is -0.366 e. The van der Waals surface area contributed by atoms with Crippen LogP contribution in [0.3, 0.4) is 0 Å². The van der Waals surface area contributed by atoms with Crippen LogP contribution < -0.4 is 0 Å². The molecule has 2 aromatic rings. The molecule has 0 saturated carbocycles. The van der Waals surface area contributed by atoms with Gasteiger partial charge in [0.2, 0.25) is 0 Å². The van der Waals surface area contributed by atoms with E-state index in [1.54, 1.807) is 13.3 Å². The molecule has 5 heteroatoms. The first kappa shape index (κ1) is 20.2. The highest BCUT2D eigenvalue weighted by atomic mass is 32.2. The van der Waals surface area contributed by atoms with Crippen LogP contribution in [0, 0.1) is 13.8 Å². The number of nitrogens with zero attached hydrogens (tertiary/aromatic N) is 3. The Bertz CT molecular complexity index is 908. The van der Waals surface area contributed by atoms with Gasteiger partial charge in [-0.2, -0.15) is 0 Å². The summed E-state index contributed by atoms with van der Waals surface area (Å²) >= 11 is 0. The van der Waals surface area contributed by atoms with Crippen molar-refractivity contribution in [1.29, 1.82) is 0 Å². The highest BCUT2D eigenvalue weighted by Crippen LogP contribution is 2.25. The number of hydrogen-bond acceptors (Lipinski definition) is 3. The Labute approximate surface area is 158 Å². The molecule has 2 rings (SSSR count). The number of rotatable bonds is 6. The van der Waals surface area contributed by atoms with Crippen molar-refractivity contribution in [1.82, 2.24) is 4.90 Å². The van der Waals surface area contributed by atoms with Crippen LogP contribution in [0.4, 0.5) is 5.69 Å². The van der Waals surface area contributed by atoms with Crippen LogP contribution in [0.25, 0.3) is 0 Å². The summed E-state index contributed by atoms with van der Waals surface area (Å²) in [4.78, 5) is 7.43. The van der Waals surface area contributed by atoms with Gasteiger partial charge < -0.3 is 4.90 Å². The maximum atomic E-state index is 12.3. The van der Waals surface area contributed by atoms with E-state index >= 15 is 0 Å². The highest BCUT2D eigenvalue weighted by Gasteiger charge is 2.08. The van der Waals surface area contributed by atoms with Gasteiger partial charge in [-0.05, 0) is 67.6 Å². The number of benzene rings is 2. The van der Waals surface area contributed by atoms with Crippen molar-refractivity contribution in [2.75, 3.05) is 26.9 Å². The van der Waals surface area contributed by atoms with Crippen LogP contribution in [0.15, 0.2) is 50.6 Å². The fourth-order valence-corrected chi connectivity index (χ4v) is 3.47. The van der Waals surface area contributed by atoms with Gasteiger partial charge >= 0.3 is 0 Å². The minimum atomic E-state index is -2.27. The molecular formula is C21H29N3OS. The van der Waals surface area contributed by atoms with Gasteiger partial charge in [0.15, 0.2) is 0 Å². The SMILES string of the molecule is CCN(C)C=Nc1cc(C)c(Cc2ccc(S(C)(=O)=NC)cc2)cc1C. The third-order valence-corrected chi connectivity index (χ3v) is 6.49. The van der Waals surface area contributed by atoms with Crippen molar-refractivity contribution in [3.8, 4) is 0 Å². The van der Waals surface area contributed by atoms with Crippen LogP contribution in [0.2, 0.25) is 0 Å². The fraction of sp³-hybridized carbons (Fsp3) is 0.381. The zero-order valence-electron chi connectivity index (χ0n) is 16.6. The summed E-state index contributed by atoms with van der Waals surface area (Å²) in [5.74, 6) is 0. The third kappa shape index (κ3) is 4.94. The smallest absolute Gasteiger partial charge is 0.0909 e. The van der Waals surface area contributed by atoms with Crippen molar-refractivity contribution in [2.45, 2.75) is 32.1 Å². The van der Waals surface area contributed by atoms with Crippen molar-refractivity contribution in [3.05, 3.63) is 58.7 Å². The average molecular weight is 372 g/mol.